The largest absolute Gasteiger partial charge is 0.310 e. The molecule has 2 aliphatic heterocycles. The minimum absolute atomic E-state index is 0.00195. The molecule has 5 heterocycles. The Bertz CT molecular complexity index is 7860. The van der Waals surface area contributed by atoms with E-state index < -0.39 is 43.0 Å². The Morgan fingerprint density at radius 1 is 0.262 bits per heavy atom. The molecule has 0 aliphatic carbocycles. The van der Waals surface area contributed by atoms with E-state index in [-0.39, 0.29) is 44.7 Å². The molecule has 578 valence electrons. The average Bonchev–Trinajstić information content (AvgIpc) is 1.00. The van der Waals surface area contributed by atoms with Gasteiger partial charge in [-0.05, 0) is 214 Å². The summed E-state index contributed by atoms with van der Waals surface area (Å²) in [5.74, 6) is 0. The molecule has 4 nitrogen and oxygen atoms in total. The minimum Gasteiger partial charge on any atom is -0.310 e. The molecule has 122 heavy (non-hydrogen) atoms. The number of aromatic nitrogens is 3. The van der Waals surface area contributed by atoms with Crippen LogP contribution in [0.2, 0.25) is 0 Å². The normalized spacial score (nSPS) is 13.5. The third kappa shape index (κ3) is 12.0. The average molecular weight is 1590 g/mol. The minimum atomic E-state index is -0.581. The van der Waals surface area contributed by atoms with E-state index in [9.17, 15) is 11.0 Å². The molecule has 23 rings (SSSR count). The molecule has 6 heteroatoms. The van der Waals surface area contributed by atoms with Crippen LogP contribution in [0.4, 0.5) is 17.1 Å². The van der Waals surface area contributed by atoms with E-state index in [1.165, 1.54) is 11.1 Å². The van der Waals surface area contributed by atoms with Crippen molar-refractivity contribution in [2.75, 3.05) is 4.90 Å². The van der Waals surface area contributed by atoms with Gasteiger partial charge in [0.25, 0.3) is 0 Å². The second-order valence-corrected chi connectivity index (χ2v) is 35.6. The number of rotatable bonds is 12. The maximum absolute atomic E-state index is 10.1. The Morgan fingerprint density at radius 2 is 0.664 bits per heavy atom. The number of hydrogen-bond acceptors (Lipinski definition) is 2. The third-order valence-electron chi connectivity index (χ3n) is 25.2. The number of nitrogens with zero attached hydrogens (tertiary/aromatic N) is 4. The zero-order chi connectivity index (χ0) is 88.6. The van der Waals surface area contributed by atoms with Crippen molar-refractivity contribution in [1.82, 2.24) is 13.7 Å². The highest BCUT2D eigenvalue weighted by molar-refractivity contribution is 8.00. The number of para-hydroxylation sites is 7. The monoisotopic (exact) mass is 1580 g/mol. The van der Waals surface area contributed by atoms with Gasteiger partial charge in [0.2, 0.25) is 6.71 Å². The molecule has 21 aromatic rings. The Hall–Kier alpha value is -14.4. The Labute approximate surface area is 727 Å². The summed E-state index contributed by atoms with van der Waals surface area (Å²) in [6, 6.07) is 127. The first-order valence-electron chi connectivity index (χ1n) is 46.0. The van der Waals surface area contributed by atoms with Gasteiger partial charge in [-0.25, -0.2) is 0 Å². The molecule has 0 spiro atoms. The zero-order valence-corrected chi connectivity index (χ0v) is 69.2. The molecular formula is C116H85BN4S. The summed E-state index contributed by atoms with van der Waals surface area (Å²) in [4.78, 5) is 4.56. The summed E-state index contributed by atoms with van der Waals surface area (Å²) in [6.45, 7) is 12.9. The molecule has 0 saturated carbocycles. The van der Waals surface area contributed by atoms with Crippen molar-refractivity contribution in [3.8, 4) is 106 Å². The van der Waals surface area contributed by atoms with Crippen molar-refractivity contribution in [2.45, 2.75) is 62.2 Å². The van der Waals surface area contributed by atoms with Crippen molar-refractivity contribution in [2.24, 2.45) is 0 Å². The lowest BCUT2D eigenvalue weighted by Crippen LogP contribution is -2.60. The molecule has 0 atom stereocenters. The van der Waals surface area contributed by atoms with Crippen LogP contribution in [0, 0.1) is 0 Å². The fourth-order valence-corrected chi connectivity index (χ4v) is 20.7. The molecule has 0 radical (unpaired) electrons. The van der Waals surface area contributed by atoms with Gasteiger partial charge in [-0.15, -0.1) is 0 Å². The maximum atomic E-state index is 10.1. The SMILES string of the molecule is [2H]c1c([2H])c([2H])c2c(c1[2H])c1c([2H])c([2H])c([2H])c([2H])c1n2-c1ccc2c(c1)N(c1c(-c3ccc(C(C)(C)C)cc3)cccc1-c1ccc(C(C)(C)C)cc1)c1cc(-c3ccccc3-c3ccccc3)cc3c1B2c1cc(-c2cc(-c4ccccc4)cc(-c4ccccc4)c2)cc(-c2cc(-n4c5ccccc5c5ccccc54)cc(-n4c5ccccc5c5ccccc54)c2)c1S3. The maximum Gasteiger partial charge on any atom is 0.249 e. The van der Waals surface area contributed by atoms with Gasteiger partial charge < -0.3 is 18.6 Å². The van der Waals surface area contributed by atoms with Crippen LogP contribution < -0.4 is 21.3 Å². The van der Waals surface area contributed by atoms with Gasteiger partial charge in [0.15, 0.2) is 0 Å². The van der Waals surface area contributed by atoms with Crippen molar-refractivity contribution in [3.63, 3.8) is 0 Å². The molecule has 3 aromatic heterocycles. The molecule has 2 aliphatic rings. The smallest absolute Gasteiger partial charge is 0.249 e. The molecule has 0 bridgehead atoms. The summed E-state index contributed by atoms with van der Waals surface area (Å²) in [5, 5.41) is 4.58. The molecule has 0 N–H and O–H groups in total. The van der Waals surface area contributed by atoms with Crippen LogP contribution in [0.25, 0.3) is 171 Å². The second-order valence-electron chi connectivity index (χ2n) is 34.5. The summed E-state index contributed by atoms with van der Waals surface area (Å²) in [7, 11) is 0. The predicted molar refractivity (Wildman–Crippen MR) is 520 cm³/mol. The second kappa shape index (κ2) is 28.7. The van der Waals surface area contributed by atoms with Crippen LogP contribution in [0.5, 0.6) is 0 Å². The van der Waals surface area contributed by atoms with E-state index in [4.69, 9.17) is 0 Å². The molecular weight excluding hydrogens is 1490 g/mol. The molecule has 18 aromatic carbocycles. The van der Waals surface area contributed by atoms with Gasteiger partial charge in [0, 0.05) is 81.7 Å². The number of hydrogen-bond donors (Lipinski definition) is 0. The van der Waals surface area contributed by atoms with Crippen molar-refractivity contribution in [3.05, 3.63) is 417 Å². The van der Waals surface area contributed by atoms with Crippen LogP contribution in [0.3, 0.4) is 0 Å². The summed E-state index contributed by atoms with van der Waals surface area (Å²) in [5.41, 5.74) is 30.5. The van der Waals surface area contributed by atoms with E-state index in [1.54, 1.807) is 4.57 Å². The third-order valence-corrected chi connectivity index (χ3v) is 26.4. The molecule has 0 amide bonds. The van der Waals surface area contributed by atoms with Gasteiger partial charge in [-0.2, -0.15) is 0 Å². The lowest BCUT2D eigenvalue weighted by molar-refractivity contribution is 0.590. The van der Waals surface area contributed by atoms with Crippen LogP contribution in [0.15, 0.2) is 416 Å². The van der Waals surface area contributed by atoms with E-state index in [0.29, 0.717) is 5.69 Å². The lowest BCUT2D eigenvalue weighted by Gasteiger charge is -2.42. The first kappa shape index (κ1) is 64.6. The Kier molecular flexibility index (Phi) is 15.2. The first-order valence-corrected chi connectivity index (χ1v) is 42.8. The molecule has 0 fully saturated rings. The number of anilines is 3. The predicted octanol–water partition coefficient (Wildman–Crippen LogP) is 29.7. The van der Waals surface area contributed by atoms with Crippen LogP contribution >= 0.6 is 11.8 Å². The summed E-state index contributed by atoms with van der Waals surface area (Å²) in [6.07, 6.45) is 0. The molecule has 0 saturated heterocycles. The quantitative estimate of drug-likeness (QED) is 0.114. The Morgan fingerprint density at radius 3 is 1.16 bits per heavy atom. The van der Waals surface area contributed by atoms with E-state index in [0.717, 1.165) is 187 Å². The fraction of sp³-hybridized carbons (Fsp3) is 0.0690. The zero-order valence-electron chi connectivity index (χ0n) is 76.3. The van der Waals surface area contributed by atoms with Gasteiger partial charge in [-0.3, -0.25) is 0 Å². The Balaban J connectivity index is 0.899. The van der Waals surface area contributed by atoms with E-state index >= 15 is 0 Å². The number of benzene rings is 18. The highest BCUT2D eigenvalue weighted by atomic mass is 32.2. The van der Waals surface area contributed by atoms with Crippen LogP contribution in [-0.4, -0.2) is 20.4 Å². The van der Waals surface area contributed by atoms with Crippen LogP contribution in [-0.2, 0) is 10.8 Å². The topological polar surface area (TPSA) is 18.0 Å². The van der Waals surface area contributed by atoms with Crippen molar-refractivity contribution in [1.29, 1.82) is 0 Å². The number of fused-ring (bicyclic) bond motifs is 13. The van der Waals surface area contributed by atoms with Gasteiger partial charge in [-0.1, -0.05) is 362 Å². The van der Waals surface area contributed by atoms with E-state index in [2.05, 4.69) is 407 Å². The first-order chi connectivity index (χ1) is 63.1. The highest BCUT2D eigenvalue weighted by Gasteiger charge is 2.44. The van der Waals surface area contributed by atoms with E-state index in [1.807, 2.05) is 17.8 Å². The van der Waals surface area contributed by atoms with Crippen molar-refractivity contribution >= 4 is 117 Å². The fourth-order valence-electron chi connectivity index (χ4n) is 19.4. The molecule has 0 unspecified atom stereocenters. The van der Waals surface area contributed by atoms with Gasteiger partial charge in [0.05, 0.1) is 49.8 Å². The van der Waals surface area contributed by atoms with Gasteiger partial charge >= 0.3 is 0 Å². The summed E-state index contributed by atoms with van der Waals surface area (Å²) >= 11 is 1.81. The van der Waals surface area contributed by atoms with Crippen molar-refractivity contribution < 1.29 is 11.0 Å². The van der Waals surface area contributed by atoms with Crippen LogP contribution in [0.1, 0.15) is 63.6 Å². The lowest BCUT2D eigenvalue weighted by atomic mass is 9.34. The van der Waals surface area contributed by atoms with Gasteiger partial charge in [0.1, 0.15) is 0 Å². The standard InChI is InChI=1S/C116H85BN4S/c1-115(2,3)85-57-53-77(54-58-85)92-45-30-46-93(78-55-59-86(60-56-78)116(4,5)6)113(92)121-109-73-87(118-103-47-24-18-39-94(103)95-40-19-25-48-104(95)118)61-62-101(109)117-102-69-82(81-64-79(74-31-10-7-11-32-74)63-80(65-81)75-33-12-8-13-34-75)68-100(114(102)122-111-71-84(70-110(121)112(111)117)91-38-17-16-37-90(91)76-35-14-9-15-36-76)83-66-88(119-105-49-26-20-41-96(105)97-42-21-27-50-106(97)119)72-89(67-83)120-107-51-28-22-43-98(107)99-44-23-29-52-108(99)120/h7-73H,1-6H3/i18D,19D,24D,25D,39D,40D,47D,48D. The summed E-state index contributed by atoms with van der Waals surface area (Å²) < 4.78 is 83.8. The highest BCUT2D eigenvalue weighted by Crippen LogP contribution is 2.54.